The van der Waals surface area contributed by atoms with Crippen LogP contribution in [0.15, 0.2) is 55.1 Å². The second-order valence-corrected chi connectivity index (χ2v) is 14.7. The zero-order valence-corrected chi connectivity index (χ0v) is 25.5. The fourth-order valence-corrected chi connectivity index (χ4v) is 11.4. The third kappa shape index (κ3) is 4.30. The Hall–Kier alpha value is -1.82. The normalized spacial score (nSPS) is 36.3. The quantitative estimate of drug-likeness (QED) is 0.302. The first-order chi connectivity index (χ1) is 18.8. The van der Waals surface area contributed by atoms with E-state index in [-0.39, 0.29) is 0 Å². The van der Waals surface area contributed by atoms with Gasteiger partial charge in [0.15, 0.2) is 0 Å². The van der Waals surface area contributed by atoms with Crippen LogP contribution in [-0.4, -0.2) is 0 Å². The lowest BCUT2D eigenvalue weighted by Crippen LogP contribution is -2.51. The molecule has 6 rings (SSSR count). The van der Waals surface area contributed by atoms with Crippen molar-refractivity contribution in [1.29, 1.82) is 0 Å². The Balaban J connectivity index is 1.43. The minimum atomic E-state index is 0.503. The molecule has 4 aliphatic carbocycles. The SMILES string of the molecule is C=C(CC)CC1CC2(C3CCCCC3)CC1(CC)C1CCC(C)C1C2CC(=C)c1ccc2ccccc2c1C. The van der Waals surface area contributed by atoms with Gasteiger partial charge in [0.2, 0.25) is 0 Å². The first-order valence-electron chi connectivity index (χ1n) is 16.7. The molecule has 39 heavy (non-hydrogen) atoms. The van der Waals surface area contributed by atoms with Gasteiger partial charge in [0.1, 0.15) is 0 Å². The van der Waals surface area contributed by atoms with Crippen molar-refractivity contribution in [2.75, 3.05) is 0 Å². The van der Waals surface area contributed by atoms with E-state index in [0.29, 0.717) is 10.8 Å². The van der Waals surface area contributed by atoms with E-state index in [1.165, 1.54) is 110 Å². The van der Waals surface area contributed by atoms with E-state index in [0.717, 1.165) is 41.9 Å². The predicted molar refractivity (Wildman–Crippen MR) is 170 cm³/mol. The molecule has 0 aromatic heterocycles. The van der Waals surface area contributed by atoms with Crippen molar-refractivity contribution in [2.45, 2.75) is 111 Å². The fourth-order valence-electron chi connectivity index (χ4n) is 11.4. The molecule has 2 bridgehead atoms. The largest absolute Gasteiger partial charge is 0.0999 e. The van der Waals surface area contributed by atoms with Crippen LogP contribution >= 0.6 is 0 Å². The van der Waals surface area contributed by atoms with Crippen LogP contribution in [0.2, 0.25) is 0 Å². The van der Waals surface area contributed by atoms with Crippen molar-refractivity contribution < 1.29 is 0 Å². The van der Waals surface area contributed by atoms with Crippen molar-refractivity contribution in [1.82, 2.24) is 0 Å². The summed E-state index contributed by atoms with van der Waals surface area (Å²) in [5, 5.41) is 2.76. The third-order valence-corrected chi connectivity index (χ3v) is 13.3. The van der Waals surface area contributed by atoms with E-state index in [2.05, 4.69) is 70.7 Å². The zero-order valence-electron chi connectivity index (χ0n) is 25.5. The molecule has 0 N–H and O–H groups in total. The Labute approximate surface area is 239 Å². The molecule has 0 heteroatoms. The van der Waals surface area contributed by atoms with Crippen LogP contribution in [0.5, 0.6) is 0 Å². The lowest BCUT2D eigenvalue weighted by Gasteiger charge is -2.57. The zero-order chi connectivity index (χ0) is 27.4. The molecule has 0 heterocycles. The molecule has 4 fully saturated rings. The Morgan fingerprint density at radius 3 is 2.44 bits per heavy atom. The van der Waals surface area contributed by atoms with Crippen LogP contribution in [0.1, 0.15) is 115 Å². The van der Waals surface area contributed by atoms with E-state index in [1.807, 2.05) is 0 Å². The highest BCUT2D eigenvalue weighted by molar-refractivity contribution is 5.90. The summed E-state index contributed by atoms with van der Waals surface area (Å²) >= 11 is 0. The molecule has 4 aliphatic rings. The highest BCUT2D eigenvalue weighted by Crippen LogP contribution is 2.77. The van der Waals surface area contributed by atoms with Gasteiger partial charge < -0.3 is 0 Å². The van der Waals surface area contributed by atoms with Gasteiger partial charge in [0, 0.05) is 0 Å². The van der Waals surface area contributed by atoms with Crippen LogP contribution in [0.25, 0.3) is 16.3 Å². The van der Waals surface area contributed by atoms with Crippen LogP contribution in [-0.2, 0) is 0 Å². The Kier molecular flexibility index (Phi) is 7.39. The lowest BCUT2D eigenvalue weighted by molar-refractivity contribution is -0.0831. The van der Waals surface area contributed by atoms with Gasteiger partial charge in [-0.05, 0) is 139 Å². The topological polar surface area (TPSA) is 0 Å². The monoisotopic (exact) mass is 522 g/mol. The van der Waals surface area contributed by atoms with Crippen LogP contribution in [0.3, 0.4) is 0 Å². The molecule has 0 radical (unpaired) electrons. The summed E-state index contributed by atoms with van der Waals surface area (Å²) in [4.78, 5) is 0. The number of rotatable bonds is 8. The standard InChI is InChI=1S/C39H54/c1-7-26(3)22-32-24-39(31-15-10-9-11-16-31)25-38(32,8-2)35-21-18-27(4)37(35)36(39)23-28(5)33-20-19-30-14-12-13-17-34(30)29(33)6/h12-14,17,19-20,27,31-32,35-37H,3,5,7-11,15-16,18,21-25H2,1-2,4,6H3. The molecule has 0 aliphatic heterocycles. The van der Waals surface area contributed by atoms with E-state index in [1.54, 1.807) is 0 Å². The highest BCUT2D eigenvalue weighted by Gasteiger charge is 2.69. The molecule has 0 amide bonds. The summed E-state index contributed by atoms with van der Waals surface area (Å²) in [5.41, 5.74) is 6.83. The molecule has 0 nitrogen and oxygen atoms in total. The van der Waals surface area contributed by atoms with Crippen LogP contribution in [0, 0.1) is 53.3 Å². The molecule has 2 aromatic rings. The highest BCUT2D eigenvalue weighted by atomic mass is 14.7. The second-order valence-electron chi connectivity index (χ2n) is 14.7. The van der Waals surface area contributed by atoms with Gasteiger partial charge in [-0.25, -0.2) is 0 Å². The fraction of sp³-hybridized carbons (Fsp3) is 0.641. The van der Waals surface area contributed by atoms with E-state index < -0.39 is 0 Å². The van der Waals surface area contributed by atoms with Gasteiger partial charge in [-0.15, -0.1) is 0 Å². The average Bonchev–Trinajstić information content (AvgIpc) is 3.49. The van der Waals surface area contributed by atoms with Crippen LogP contribution in [0.4, 0.5) is 0 Å². The van der Waals surface area contributed by atoms with Gasteiger partial charge in [-0.2, -0.15) is 0 Å². The van der Waals surface area contributed by atoms with Crippen molar-refractivity contribution in [3.8, 4) is 0 Å². The van der Waals surface area contributed by atoms with Gasteiger partial charge in [0.25, 0.3) is 0 Å². The summed E-state index contributed by atoms with van der Waals surface area (Å²) in [6.07, 6.45) is 18.2. The number of hydrogen-bond donors (Lipinski definition) is 0. The van der Waals surface area contributed by atoms with E-state index >= 15 is 0 Å². The Morgan fingerprint density at radius 2 is 1.69 bits per heavy atom. The maximum absolute atomic E-state index is 4.89. The average molecular weight is 523 g/mol. The molecule has 7 atom stereocenters. The third-order valence-electron chi connectivity index (χ3n) is 13.3. The number of aryl methyl sites for hydroxylation is 1. The maximum Gasteiger partial charge on any atom is -0.0149 e. The summed E-state index contributed by atoms with van der Waals surface area (Å²) in [5.74, 6) is 5.19. The predicted octanol–water partition coefficient (Wildman–Crippen LogP) is 11.6. The molecular weight excluding hydrogens is 468 g/mol. The van der Waals surface area contributed by atoms with Crippen molar-refractivity contribution in [3.63, 3.8) is 0 Å². The van der Waals surface area contributed by atoms with Crippen LogP contribution < -0.4 is 0 Å². The van der Waals surface area contributed by atoms with Gasteiger partial charge in [0.05, 0.1) is 0 Å². The molecule has 7 unspecified atom stereocenters. The minimum Gasteiger partial charge on any atom is -0.0999 e. The number of allylic oxidation sites excluding steroid dienone is 2. The smallest absolute Gasteiger partial charge is 0.0149 e. The number of fused-ring (bicyclic) bond motifs is 5. The molecular formula is C39H54. The van der Waals surface area contributed by atoms with Crippen molar-refractivity contribution in [3.05, 3.63) is 66.3 Å². The number of benzene rings is 2. The van der Waals surface area contributed by atoms with Crippen molar-refractivity contribution in [2.24, 2.45) is 46.3 Å². The Morgan fingerprint density at radius 1 is 0.923 bits per heavy atom. The summed E-state index contributed by atoms with van der Waals surface area (Å²) in [6, 6.07) is 13.7. The van der Waals surface area contributed by atoms with Crippen molar-refractivity contribution >= 4 is 16.3 Å². The first kappa shape index (κ1) is 27.4. The molecule has 4 saturated carbocycles. The minimum absolute atomic E-state index is 0.503. The first-order valence-corrected chi connectivity index (χ1v) is 16.7. The summed E-state index contributed by atoms with van der Waals surface area (Å²) < 4.78 is 0. The van der Waals surface area contributed by atoms with E-state index in [9.17, 15) is 0 Å². The van der Waals surface area contributed by atoms with Gasteiger partial charge in [-0.3, -0.25) is 0 Å². The Bertz CT molecular complexity index is 1230. The molecule has 0 spiro atoms. The summed E-state index contributed by atoms with van der Waals surface area (Å²) in [6.45, 7) is 19.3. The molecule has 0 saturated heterocycles. The number of hydrogen-bond acceptors (Lipinski definition) is 0. The second kappa shape index (κ2) is 10.5. The van der Waals surface area contributed by atoms with Gasteiger partial charge >= 0.3 is 0 Å². The van der Waals surface area contributed by atoms with E-state index in [4.69, 9.17) is 6.58 Å². The maximum atomic E-state index is 4.89. The summed E-state index contributed by atoms with van der Waals surface area (Å²) in [7, 11) is 0. The molecule has 210 valence electrons. The molecule has 2 aromatic carbocycles. The lowest BCUT2D eigenvalue weighted by atomic mass is 9.47. The van der Waals surface area contributed by atoms with Gasteiger partial charge in [-0.1, -0.05) is 102 Å².